The molecule has 0 aromatic rings. The SMILES string of the molecule is NCCC1(C23CC4CC(CC(C4)C2)C3)CCCCC1. The summed E-state index contributed by atoms with van der Waals surface area (Å²) in [4.78, 5) is 0. The Morgan fingerprint density at radius 1 is 0.789 bits per heavy atom. The molecule has 1 nitrogen and oxygen atoms in total. The fraction of sp³-hybridized carbons (Fsp3) is 1.00. The zero-order chi connectivity index (χ0) is 12.9. The zero-order valence-electron chi connectivity index (χ0n) is 12.5. The van der Waals surface area contributed by atoms with E-state index < -0.39 is 0 Å². The van der Waals surface area contributed by atoms with Crippen LogP contribution in [0.5, 0.6) is 0 Å². The Morgan fingerprint density at radius 3 is 1.79 bits per heavy atom. The highest BCUT2D eigenvalue weighted by Gasteiger charge is 2.59. The van der Waals surface area contributed by atoms with E-state index in [1.807, 2.05) is 0 Å². The van der Waals surface area contributed by atoms with Gasteiger partial charge in [0.15, 0.2) is 0 Å². The molecule has 0 atom stereocenters. The van der Waals surface area contributed by atoms with Crippen LogP contribution in [0.3, 0.4) is 0 Å². The van der Waals surface area contributed by atoms with Crippen LogP contribution in [0, 0.1) is 28.6 Å². The lowest BCUT2D eigenvalue weighted by atomic mass is 9.40. The molecule has 0 spiro atoms. The Hall–Kier alpha value is -0.0400. The van der Waals surface area contributed by atoms with E-state index in [0.29, 0.717) is 5.41 Å². The molecule has 5 fully saturated rings. The fourth-order valence-electron chi connectivity index (χ4n) is 7.31. The van der Waals surface area contributed by atoms with Crippen LogP contribution < -0.4 is 5.73 Å². The van der Waals surface area contributed by atoms with E-state index in [1.165, 1.54) is 38.5 Å². The Morgan fingerprint density at radius 2 is 1.32 bits per heavy atom. The van der Waals surface area contributed by atoms with E-state index in [-0.39, 0.29) is 0 Å². The number of nitrogens with two attached hydrogens (primary N) is 1. The minimum atomic E-state index is 0.663. The van der Waals surface area contributed by atoms with Gasteiger partial charge < -0.3 is 5.73 Å². The summed E-state index contributed by atoms with van der Waals surface area (Å²) in [6.45, 7) is 0.932. The lowest BCUT2D eigenvalue weighted by molar-refractivity contribution is -0.147. The van der Waals surface area contributed by atoms with E-state index in [9.17, 15) is 0 Å². The first-order chi connectivity index (χ1) is 9.25. The average molecular weight is 261 g/mol. The van der Waals surface area contributed by atoms with Crippen molar-refractivity contribution >= 4 is 0 Å². The van der Waals surface area contributed by atoms with Crippen molar-refractivity contribution in [2.75, 3.05) is 6.54 Å². The van der Waals surface area contributed by atoms with Crippen molar-refractivity contribution in [2.45, 2.75) is 77.0 Å². The van der Waals surface area contributed by atoms with Gasteiger partial charge in [-0.15, -0.1) is 0 Å². The molecular formula is C18H31N. The third-order valence-electron chi connectivity index (χ3n) is 7.60. The van der Waals surface area contributed by atoms with Crippen LogP contribution in [0.25, 0.3) is 0 Å². The number of hydrogen-bond acceptors (Lipinski definition) is 1. The van der Waals surface area contributed by atoms with E-state index >= 15 is 0 Å². The highest BCUT2D eigenvalue weighted by Crippen LogP contribution is 2.69. The molecule has 0 unspecified atom stereocenters. The van der Waals surface area contributed by atoms with Crippen LogP contribution in [-0.4, -0.2) is 6.54 Å². The maximum absolute atomic E-state index is 6.06. The third-order valence-corrected chi connectivity index (χ3v) is 7.60. The van der Waals surface area contributed by atoms with Crippen molar-refractivity contribution < 1.29 is 0 Å². The topological polar surface area (TPSA) is 26.0 Å². The number of hydrogen-bond donors (Lipinski definition) is 1. The molecule has 5 aliphatic rings. The van der Waals surface area contributed by atoms with E-state index in [0.717, 1.165) is 29.7 Å². The maximum atomic E-state index is 6.06. The van der Waals surface area contributed by atoms with E-state index in [1.54, 1.807) is 38.5 Å². The maximum Gasteiger partial charge on any atom is -0.00718 e. The number of rotatable bonds is 3. The van der Waals surface area contributed by atoms with Crippen molar-refractivity contribution in [1.82, 2.24) is 0 Å². The molecule has 0 aromatic carbocycles. The average Bonchev–Trinajstić information content (AvgIpc) is 2.38. The minimum absolute atomic E-state index is 0.663. The Kier molecular flexibility index (Phi) is 2.99. The van der Waals surface area contributed by atoms with Gasteiger partial charge in [-0.05, 0) is 92.9 Å². The van der Waals surface area contributed by atoms with Gasteiger partial charge >= 0.3 is 0 Å². The summed E-state index contributed by atoms with van der Waals surface area (Å²) in [5.74, 6) is 3.30. The molecule has 2 N–H and O–H groups in total. The molecule has 1 heteroatoms. The molecule has 0 saturated heterocycles. The Bertz CT molecular complexity index is 299. The predicted molar refractivity (Wildman–Crippen MR) is 79.8 cm³/mol. The molecular weight excluding hydrogens is 230 g/mol. The van der Waals surface area contributed by atoms with Crippen LogP contribution in [0.1, 0.15) is 77.0 Å². The van der Waals surface area contributed by atoms with E-state index in [2.05, 4.69) is 0 Å². The Balaban J connectivity index is 1.67. The first-order valence-corrected chi connectivity index (χ1v) is 8.95. The van der Waals surface area contributed by atoms with Gasteiger partial charge in [-0.1, -0.05) is 19.3 Å². The van der Waals surface area contributed by atoms with Gasteiger partial charge in [0.1, 0.15) is 0 Å². The van der Waals surface area contributed by atoms with Gasteiger partial charge in [0.25, 0.3) is 0 Å². The minimum Gasteiger partial charge on any atom is -0.330 e. The summed E-state index contributed by atoms with van der Waals surface area (Å²) >= 11 is 0. The summed E-state index contributed by atoms with van der Waals surface area (Å²) in [6.07, 6.45) is 18.3. The third kappa shape index (κ3) is 1.83. The molecule has 0 aromatic heterocycles. The Labute approximate surface area is 118 Å². The van der Waals surface area contributed by atoms with Crippen LogP contribution in [0.2, 0.25) is 0 Å². The lowest BCUT2D eigenvalue weighted by Crippen LogP contribution is -2.55. The van der Waals surface area contributed by atoms with Crippen molar-refractivity contribution in [2.24, 2.45) is 34.3 Å². The monoisotopic (exact) mass is 261 g/mol. The second kappa shape index (κ2) is 4.48. The summed E-state index contributed by atoms with van der Waals surface area (Å²) in [7, 11) is 0. The summed E-state index contributed by atoms with van der Waals surface area (Å²) in [5, 5.41) is 0. The smallest absolute Gasteiger partial charge is 0.00718 e. The molecule has 5 rings (SSSR count). The van der Waals surface area contributed by atoms with Gasteiger partial charge in [0.2, 0.25) is 0 Å². The molecule has 0 amide bonds. The first kappa shape index (κ1) is 12.7. The molecule has 108 valence electrons. The van der Waals surface area contributed by atoms with Crippen LogP contribution >= 0.6 is 0 Å². The van der Waals surface area contributed by atoms with Crippen LogP contribution in [-0.2, 0) is 0 Å². The highest BCUT2D eigenvalue weighted by atomic mass is 14.7. The van der Waals surface area contributed by atoms with Crippen molar-refractivity contribution in [3.8, 4) is 0 Å². The van der Waals surface area contributed by atoms with Crippen molar-refractivity contribution in [1.29, 1.82) is 0 Å². The van der Waals surface area contributed by atoms with Gasteiger partial charge in [0.05, 0.1) is 0 Å². The quantitative estimate of drug-likeness (QED) is 0.795. The van der Waals surface area contributed by atoms with Crippen LogP contribution in [0.15, 0.2) is 0 Å². The van der Waals surface area contributed by atoms with Crippen molar-refractivity contribution in [3.05, 3.63) is 0 Å². The van der Waals surface area contributed by atoms with E-state index in [4.69, 9.17) is 5.73 Å². The summed E-state index contributed by atoms with van der Waals surface area (Å²) in [6, 6.07) is 0. The summed E-state index contributed by atoms with van der Waals surface area (Å²) < 4.78 is 0. The molecule has 19 heavy (non-hydrogen) atoms. The van der Waals surface area contributed by atoms with Crippen molar-refractivity contribution in [3.63, 3.8) is 0 Å². The predicted octanol–water partition coefficient (Wildman–Crippen LogP) is 4.50. The molecule has 5 aliphatic carbocycles. The van der Waals surface area contributed by atoms with Gasteiger partial charge in [-0.2, -0.15) is 0 Å². The fourth-order valence-corrected chi connectivity index (χ4v) is 7.31. The molecule has 0 aliphatic heterocycles. The van der Waals surface area contributed by atoms with Gasteiger partial charge in [-0.3, -0.25) is 0 Å². The lowest BCUT2D eigenvalue weighted by Gasteiger charge is -2.65. The largest absolute Gasteiger partial charge is 0.330 e. The molecule has 4 bridgehead atoms. The van der Waals surface area contributed by atoms with Gasteiger partial charge in [0, 0.05) is 0 Å². The molecule has 0 radical (unpaired) electrons. The highest BCUT2D eigenvalue weighted by molar-refractivity contribution is 5.09. The second-order valence-corrected chi connectivity index (χ2v) is 8.58. The molecule has 5 saturated carbocycles. The van der Waals surface area contributed by atoms with Gasteiger partial charge in [-0.25, -0.2) is 0 Å². The second-order valence-electron chi connectivity index (χ2n) is 8.58. The first-order valence-electron chi connectivity index (χ1n) is 8.95. The summed E-state index contributed by atoms with van der Waals surface area (Å²) in [5.41, 5.74) is 7.46. The van der Waals surface area contributed by atoms with Crippen LogP contribution in [0.4, 0.5) is 0 Å². The molecule has 0 heterocycles. The normalized spacial score (nSPS) is 47.5. The standard InChI is InChI=1S/C18H31N/c19-7-6-17(4-2-1-3-5-17)18-11-14-8-15(12-18)10-16(9-14)13-18/h14-16H,1-13,19H2. The zero-order valence-corrected chi connectivity index (χ0v) is 12.5.